The van der Waals surface area contributed by atoms with Crippen LogP contribution in [0.4, 0.5) is 13.2 Å². The van der Waals surface area contributed by atoms with Gasteiger partial charge in [0.25, 0.3) is 5.88 Å². The number of aromatic nitrogens is 2. The van der Waals surface area contributed by atoms with Crippen LogP contribution >= 0.6 is 0 Å². The van der Waals surface area contributed by atoms with Crippen LogP contribution in [0.2, 0.25) is 0 Å². The van der Waals surface area contributed by atoms with E-state index >= 15 is 0 Å². The molecule has 0 aliphatic rings. The molecule has 1 rings (SSSR count). The highest BCUT2D eigenvalue weighted by Gasteiger charge is 2.32. The van der Waals surface area contributed by atoms with Crippen LogP contribution in [-0.2, 0) is 6.18 Å². The van der Waals surface area contributed by atoms with Gasteiger partial charge in [0.1, 0.15) is 0 Å². The van der Waals surface area contributed by atoms with Crippen LogP contribution in [0.5, 0.6) is 5.88 Å². The summed E-state index contributed by atoms with van der Waals surface area (Å²) in [5, 5.41) is 5.89. The van der Waals surface area contributed by atoms with Crippen molar-refractivity contribution in [1.82, 2.24) is 10.2 Å². The predicted octanol–water partition coefficient (Wildman–Crippen LogP) is 0.748. The second-order valence-corrected chi connectivity index (χ2v) is 1.87. The van der Waals surface area contributed by atoms with Crippen molar-refractivity contribution in [2.75, 3.05) is 0 Å². The molecule has 0 spiro atoms. The second kappa shape index (κ2) is 2.94. The highest BCUT2D eigenvalue weighted by Crippen LogP contribution is 2.27. The lowest BCUT2D eigenvalue weighted by atomic mass is 10.4. The van der Waals surface area contributed by atoms with E-state index in [0.29, 0.717) is 0 Å². The monoisotopic (exact) mass is 179 g/mol. The lowest BCUT2D eigenvalue weighted by Gasteiger charge is -2.03. The topological polar surface area (TPSA) is 61.0 Å². The lowest BCUT2D eigenvalue weighted by Crippen LogP contribution is -2.11. The Morgan fingerprint density at radius 2 is 1.92 bits per heavy atom. The summed E-state index contributed by atoms with van der Waals surface area (Å²) in [5.74, 6) is 4.46. The Balaban J connectivity index is 2.93. The maximum Gasteiger partial charge on any atom is 0.435 e. The van der Waals surface area contributed by atoms with Gasteiger partial charge in [0.15, 0.2) is 5.69 Å². The van der Waals surface area contributed by atoms with Crippen LogP contribution in [0, 0.1) is 0 Å². The molecule has 1 aromatic heterocycles. The van der Waals surface area contributed by atoms with Gasteiger partial charge in [-0.05, 0) is 6.07 Å². The number of hydrogen-bond donors (Lipinski definition) is 1. The van der Waals surface area contributed by atoms with Gasteiger partial charge in [0, 0.05) is 6.07 Å². The first-order valence-corrected chi connectivity index (χ1v) is 2.81. The first-order chi connectivity index (χ1) is 5.54. The fourth-order valence-electron chi connectivity index (χ4n) is 0.534. The Bertz CT molecular complexity index is 258. The quantitative estimate of drug-likeness (QED) is 0.646. The van der Waals surface area contributed by atoms with Crippen molar-refractivity contribution in [1.29, 1.82) is 0 Å². The molecule has 0 aliphatic carbocycles. The first kappa shape index (κ1) is 8.72. The SMILES string of the molecule is NOc1ccc(C(F)(F)F)nn1. The summed E-state index contributed by atoms with van der Waals surface area (Å²) in [6.45, 7) is 0. The minimum Gasteiger partial charge on any atom is -0.390 e. The van der Waals surface area contributed by atoms with Crippen molar-refractivity contribution in [2.24, 2.45) is 5.90 Å². The minimum absolute atomic E-state index is 0.164. The third-order valence-corrected chi connectivity index (χ3v) is 1.05. The van der Waals surface area contributed by atoms with E-state index < -0.39 is 11.9 Å². The summed E-state index contributed by atoms with van der Waals surface area (Å²) in [6, 6.07) is 1.71. The molecule has 66 valence electrons. The Morgan fingerprint density at radius 1 is 1.25 bits per heavy atom. The van der Waals surface area contributed by atoms with Crippen molar-refractivity contribution in [3.05, 3.63) is 17.8 Å². The molecule has 0 fully saturated rings. The molecular formula is C5H4F3N3O. The molecule has 0 amide bonds. The molecule has 1 aromatic rings. The zero-order valence-electron chi connectivity index (χ0n) is 5.67. The number of halogens is 3. The van der Waals surface area contributed by atoms with E-state index in [1.807, 2.05) is 0 Å². The highest BCUT2D eigenvalue weighted by molar-refractivity contribution is 5.12. The molecule has 1 heterocycles. The largest absolute Gasteiger partial charge is 0.435 e. The van der Waals surface area contributed by atoms with E-state index in [0.717, 1.165) is 12.1 Å². The van der Waals surface area contributed by atoms with Gasteiger partial charge >= 0.3 is 6.18 Å². The van der Waals surface area contributed by atoms with E-state index in [1.165, 1.54) is 0 Å². The summed E-state index contributed by atoms with van der Waals surface area (Å²) in [5.41, 5.74) is -1.08. The number of nitrogens with zero attached hydrogens (tertiary/aromatic N) is 2. The molecule has 0 saturated carbocycles. The van der Waals surface area contributed by atoms with Gasteiger partial charge in [-0.2, -0.15) is 19.1 Å². The fourth-order valence-corrected chi connectivity index (χ4v) is 0.534. The third-order valence-electron chi connectivity index (χ3n) is 1.05. The van der Waals surface area contributed by atoms with Gasteiger partial charge in [-0.3, -0.25) is 0 Å². The molecule has 0 radical (unpaired) electrons. The van der Waals surface area contributed by atoms with Crippen LogP contribution < -0.4 is 10.7 Å². The average Bonchev–Trinajstić information content (AvgIpc) is 2.03. The zero-order valence-corrected chi connectivity index (χ0v) is 5.67. The number of alkyl halides is 3. The predicted molar refractivity (Wildman–Crippen MR) is 31.8 cm³/mol. The van der Waals surface area contributed by atoms with Crippen LogP contribution in [0.1, 0.15) is 5.69 Å². The summed E-state index contributed by atoms with van der Waals surface area (Å²) >= 11 is 0. The number of hydrogen-bond acceptors (Lipinski definition) is 4. The van der Waals surface area contributed by atoms with Gasteiger partial charge in [-0.25, -0.2) is 0 Å². The van der Waals surface area contributed by atoms with Crippen LogP contribution in [0.25, 0.3) is 0 Å². The highest BCUT2D eigenvalue weighted by atomic mass is 19.4. The average molecular weight is 179 g/mol. The normalized spacial score (nSPS) is 11.3. The summed E-state index contributed by atoms with van der Waals surface area (Å²) in [4.78, 5) is 4.04. The first-order valence-electron chi connectivity index (χ1n) is 2.81. The number of nitrogens with two attached hydrogens (primary N) is 1. The van der Waals surface area contributed by atoms with Crippen molar-refractivity contribution in [3.8, 4) is 5.88 Å². The molecule has 0 bridgehead atoms. The van der Waals surface area contributed by atoms with Crippen LogP contribution in [0.15, 0.2) is 12.1 Å². The Hall–Kier alpha value is -1.37. The molecule has 0 aromatic carbocycles. The molecule has 4 nitrogen and oxygen atoms in total. The van der Waals surface area contributed by atoms with Crippen LogP contribution in [-0.4, -0.2) is 10.2 Å². The molecular weight excluding hydrogens is 175 g/mol. The van der Waals surface area contributed by atoms with E-state index in [-0.39, 0.29) is 5.88 Å². The van der Waals surface area contributed by atoms with Gasteiger partial charge in [-0.15, -0.1) is 10.2 Å². The van der Waals surface area contributed by atoms with E-state index in [4.69, 9.17) is 0 Å². The molecule has 12 heavy (non-hydrogen) atoms. The van der Waals surface area contributed by atoms with Crippen molar-refractivity contribution in [3.63, 3.8) is 0 Å². The maximum atomic E-state index is 11.8. The molecule has 0 atom stereocenters. The third kappa shape index (κ3) is 1.82. The summed E-state index contributed by atoms with van der Waals surface area (Å²) in [7, 11) is 0. The summed E-state index contributed by atoms with van der Waals surface area (Å²) in [6.07, 6.45) is -4.49. The zero-order chi connectivity index (χ0) is 9.19. The van der Waals surface area contributed by atoms with Gasteiger partial charge in [0.05, 0.1) is 0 Å². The molecule has 2 N–H and O–H groups in total. The van der Waals surface area contributed by atoms with E-state index in [2.05, 4.69) is 20.9 Å². The number of rotatable bonds is 1. The smallest absolute Gasteiger partial charge is 0.390 e. The minimum atomic E-state index is -4.49. The van der Waals surface area contributed by atoms with Crippen molar-refractivity contribution < 1.29 is 18.0 Å². The molecule has 7 heteroatoms. The van der Waals surface area contributed by atoms with Crippen molar-refractivity contribution >= 4 is 0 Å². The fraction of sp³-hybridized carbons (Fsp3) is 0.200. The Kier molecular flexibility index (Phi) is 2.13. The Labute approximate surface area is 65.1 Å². The maximum absolute atomic E-state index is 11.8. The lowest BCUT2D eigenvalue weighted by molar-refractivity contribution is -0.141. The second-order valence-electron chi connectivity index (χ2n) is 1.87. The molecule has 0 unspecified atom stereocenters. The molecule has 0 aliphatic heterocycles. The van der Waals surface area contributed by atoms with Gasteiger partial charge < -0.3 is 4.84 Å². The van der Waals surface area contributed by atoms with E-state index in [1.54, 1.807) is 0 Å². The summed E-state index contributed by atoms with van der Waals surface area (Å²) < 4.78 is 35.5. The Morgan fingerprint density at radius 3 is 2.25 bits per heavy atom. The van der Waals surface area contributed by atoms with Gasteiger partial charge in [0.2, 0.25) is 0 Å². The van der Waals surface area contributed by atoms with Crippen LogP contribution in [0.3, 0.4) is 0 Å². The molecule has 0 saturated heterocycles. The van der Waals surface area contributed by atoms with E-state index in [9.17, 15) is 13.2 Å². The van der Waals surface area contributed by atoms with Crippen molar-refractivity contribution in [2.45, 2.75) is 6.18 Å². The standard InChI is InChI=1S/C5H4F3N3O/c6-5(7,8)3-1-2-4(12-9)11-10-3/h1-2H,9H2. The van der Waals surface area contributed by atoms with Gasteiger partial charge in [-0.1, -0.05) is 0 Å².